The van der Waals surface area contributed by atoms with Crippen molar-refractivity contribution in [2.24, 2.45) is 0 Å². The van der Waals surface area contributed by atoms with Crippen LogP contribution in [0, 0.1) is 0 Å². The monoisotopic (exact) mass is 207 g/mol. The third kappa shape index (κ3) is 3.68. The first-order valence-corrected chi connectivity index (χ1v) is 5.99. The predicted molar refractivity (Wildman–Crippen MR) is 63.7 cm³/mol. The second-order valence-electron chi connectivity index (χ2n) is 4.28. The molecule has 3 nitrogen and oxygen atoms in total. The van der Waals surface area contributed by atoms with Crippen LogP contribution in [0.1, 0.15) is 19.3 Å². The second kappa shape index (κ2) is 5.93. The van der Waals surface area contributed by atoms with E-state index in [1.54, 1.807) is 0 Å². The summed E-state index contributed by atoms with van der Waals surface area (Å²) in [4.78, 5) is 0. The molecule has 0 amide bonds. The Morgan fingerprint density at radius 1 is 1.40 bits per heavy atom. The van der Waals surface area contributed by atoms with Crippen molar-refractivity contribution in [3.63, 3.8) is 0 Å². The van der Waals surface area contributed by atoms with Gasteiger partial charge in [-0.25, -0.2) is 0 Å². The number of rotatable bonds is 4. The molecule has 2 aliphatic rings. The molecule has 0 aromatic rings. The van der Waals surface area contributed by atoms with Gasteiger partial charge in [0, 0.05) is 31.4 Å². The van der Waals surface area contributed by atoms with Crippen molar-refractivity contribution >= 4 is 0 Å². The summed E-state index contributed by atoms with van der Waals surface area (Å²) in [6.45, 7) is 4.20. The minimum atomic E-state index is 0.679. The van der Waals surface area contributed by atoms with Crippen molar-refractivity contribution in [3.05, 3.63) is 23.9 Å². The van der Waals surface area contributed by atoms with E-state index in [9.17, 15) is 0 Å². The number of hydrogen-bond acceptors (Lipinski definition) is 3. The highest BCUT2D eigenvalue weighted by atomic mass is 15.0. The van der Waals surface area contributed by atoms with Gasteiger partial charge in [0.1, 0.15) is 0 Å². The Bertz CT molecular complexity index is 239. The number of allylic oxidation sites excluding steroid dienone is 2. The number of dihydropyridines is 1. The maximum Gasteiger partial charge on any atom is 0.0354 e. The van der Waals surface area contributed by atoms with E-state index in [0.717, 1.165) is 19.6 Å². The van der Waals surface area contributed by atoms with Gasteiger partial charge in [0.2, 0.25) is 0 Å². The molecule has 2 rings (SSSR count). The van der Waals surface area contributed by atoms with Crippen LogP contribution >= 0.6 is 0 Å². The van der Waals surface area contributed by atoms with E-state index in [2.05, 4.69) is 34.2 Å². The van der Waals surface area contributed by atoms with Crippen LogP contribution in [0.25, 0.3) is 0 Å². The van der Waals surface area contributed by atoms with Crippen molar-refractivity contribution in [2.45, 2.75) is 25.3 Å². The van der Waals surface area contributed by atoms with Gasteiger partial charge in [0.15, 0.2) is 0 Å². The lowest BCUT2D eigenvalue weighted by molar-refractivity contribution is 0.386. The molecule has 3 N–H and O–H groups in total. The summed E-state index contributed by atoms with van der Waals surface area (Å²) >= 11 is 0. The van der Waals surface area contributed by atoms with Gasteiger partial charge in [-0.2, -0.15) is 0 Å². The third-order valence-electron chi connectivity index (χ3n) is 3.00. The van der Waals surface area contributed by atoms with Gasteiger partial charge in [0.05, 0.1) is 0 Å². The van der Waals surface area contributed by atoms with E-state index in [4.69, 9.17) is 0 Å². The summed E-state index contributed by atoms with van der Waals surface area (Å²) in [5, 5.41) is 10.4. The van der Waals surface area contributed by atoms with Gasteiger partial charge in [0.25, 0.3) is 0 Å². The zero-order valence-corrected chi connectivity index (χ0v) is 9.26. The Morgan fingerprint density at radius 3 is 3.13 bits per heavy atom. The maximum absolute atomic E-state index is 3.54. The molecule has 2 heterocycles. The van der Waals surface area contributed by atoms with Crippen LogP contribution < -0.4 is 16.0 Å². The normalized spacial score (nSPS) is 25.9. The lowest BCUT2D eigenvalue weighted by Crippen LogP contribution is -2.42. The molecule has 0 aliphatic carbocycles. The SMILES string of the molecule is C1=CCNC(CNCC2CCCCN2)=C1. The van der Waals surface area contributed by atoms with Crippen LogP contribution in [-0.2, 0) is 0 Å². The van der Waals surface area contributed by atoms with Gasteiger partial charge in [-0.1, -0.05) is 18.6 Å². The zero-order chi connectivity index (χ0) is 10.3. The lowest BCUT2D eigenvalue weighted by atomic mass is 10.1. The Kier molecular flexibility index (Phi) is 4.23. The molecule has 0 spiro atoms. The fourth-order valence-electron chi connectivity index (χ4n) is 2.10. The Balaban J connectivity index is 1.61. The Labute approximate surface area is 92.0 Å². The summed E-state index contributed by atoms with van der Waals surface area (Å²) in [5.41, 5.74) is 1.30. The molecule has 84 valence electrons. The average molecular weight is 207 g/mol. The van der Waals surface area contributed by atoms with E-state index < -0.39 is 0 Å². The fraction of sp³-hybridized carbons (Fsp3) is 0.667. The van der Waals surface area contributed by atoms with Gasteiger partial charge >= 0.3 is 0 Å². The summed E-state index contributed by atoms with van der Waals surface area (Å²) in [6.07, 6.45) is 10.4. The molecule has 3 heteroatoms. The summed E-state index contributed by atoms with van der Waals surface area (Å²) in [6, 6.07) is 0.679. The van der Waals surface area contributed by atoms with E-state index in [0.29, 0.717) is 6.04 Å². The van der Waals surface area contributed by atoms with Crippen molar-refractivity contribution in [2.75, 3.05) is 26.2 Å². The highest BCUT2D eigenvalue weighted by Gasteiger charge is 2.11. The molecule has 2 aliphatic heterocycles. The maximum atomic E-state index is 3.54. The lowest BCUT2D eigenvalue weighted by Gasteiger charge is -2.24. The van der Waals surface area contributed by atoms with Gasteiger partial charge in [-0.15, -0.1) is 0 Å². The molecule has 0 radical (unpaired) electrons. The summed E-state index contributed by atoms with van der Waals surface area (Å²) in [7, 11) is 0. The minimum Gasteiger partial charge on any atom is -0.384 e. The minimum absolute atomic E-state index is 0.679. The first-order valence-electron chi connectivity index (χ1n) is 5.99. The van der Waals surface area contributed by atoms with Crippen molar-refractivity contribution in [1.82, 2.24) is 16.0 Å². The molecule has 0 bridgehead atoms. The first-order chi connectivity index (χ1) is 7.45. The smallest absolute Gasteiger partial charge is 0.0354 e. The molecular weight excluding hydrogens is 186 g/mol. The number of nitrogens with one attached hydrogen (secondary N) is 3. The molecule has 1 unspecified atom stereocenters. The molecule has 1 fully saturated rings. The van der Waals surface area contributed by atoms with Gasteiger partial charge in [-0.3, -0.25) is 0 Å². The highest BCUT2D eigenvalue weighted by Crippen LogP contribution is 2.05. The first kappa shape index (κ1) is 10.7. The Morgan fingerprint density at radius 2 is 2.40 bits per heavy atom. The van der Waals surface area contributed by atoms with E-state index in [1.807, 2.05) is 0 Å². The zero-order valence-electron chi connectivity index (χ0n) is 9.26. The molecule has 0 saturated carbocycles. The van der Waals surface area contributed by atoms with E-state index >= 15 is 0 Å². The van der Waals surface area contributed by atoms with Crippen molar-refractivity contribution in [3.8, 4) is 0 Å². The largest absolute Gasteiger partial charge is 0.384 e. The topological polar surface area (TPSA) is 36.1 Å². The van der Waals surface area contributed by atoms with Gasteiger partial charge in [-0.05, 0) is 25.5 Å². The molecular formula is C12H21N3. The third-order valence-corrected chi connectivity index (χ3v) is 3.00. The predicted octanol–water partition coefficient (Wildman–Crippen LogP) is 0.761. The van der Waals surface area contributed by atoms with Gasteiger partial charge < -0.3 is 16.0 Å². The molecule has 1 saturated heterocycles. The quantitative estimate of drug-likeness (QED) is 0.637. The molecule has 1 atom stereocenters. The summed E-state index contributed by atoms with van der Waals surface area (Å²) < 4.78 is 0. The van der Waals surface area contributed by atoms with Crippen LogP contribution in [0.2, 0.25) is 0 Å². The average Bonchev–Trinajstić information content (AvgIpc) is 2.32. The van der Waals surface area contributed by atoms with E-state index in [-0.39, 0.29) is 0 Å². The fourth-order valence-corrected chi connectivity index (χ4v) is 2.10. The molecule has 15 heavy (non-hydrogen) atoms. The number of hydrogen-bond donors (Lipinski definition) is 3. The van der Waals surface area contributed by atoms with Crippen LogP contribution in [-0.4, -0.2) is 32.2 Å². The van der Waals surface area contributed by atoms with Crippen LogP contribution in [0.15, 0.2) is 23.9 Å². The summed E-state index contributed by atoms with van der Waals surface area (Å²) in [5.74, 6) is 0. The van der Waals surface area contributed by atoms with E-state index in [1.165, 1.54) is 31.5 Å². The van der Waals surface area contributed by atoms with Crippen LogP contribution in [0.3, 0.4) is 0 Å². The highest BCUT2D eigenvalue weighted by molar-refractivity contribution is 5.17. The van der Waals surface area contributed by atoms with Crippen LogP contribution in [0.4, 0.5) is 0 Å². The number of piperidine rings is 1. The standard InChI is InChI=1S/C12H21N3/c1-3-7-14-11(5-1)9-13-10-12-6-2-4-8-15-12/h1,3,5,12-15H,2,4,6-10H2. The second-order valence-corrected chi connectivity index (χ2v) is 4.28. The Hall–Kier alpha value is -0.800. The molecule has 0 aromatic carbocycles. The van der Waals surface area contributed by atoms with Crippen LogP contribution in [0.5, 0.6) is 0 Å². The van der Waals surface area contributed by atoms with Crippen molar-refractivity contribution in [1.29, 1.82) is 0 Å². The molecule has 0 aromatic heterocycles. The van der Waals surface area contributed by atoms with Crippen molar-refractivity contribution < 1.29 is 0 Å².